The molecule has 0 aliphatic rings. The van der Waals surface area contributed by atoms with E-state index in [0.717, 1.165) is 36.2 Å². The van der Waals surface area contributed by atoms with Crippen LogP contribution in [0.15, 0.2) is 60.8 Å². The fraction of sp³-hybridized carbons (Fsp3) is 0.273. The highest BCUT2D eigenvalue weighted by atomic mass is 35.5. The maximum absolute atomic E-state index is 12.0. The van der Waals surface area contributed by atoms with Gasteiger partial charge in [0.15, 0.2) is 0 Å². The molecule has 0 saturated carbocycles. The molecule has 0 aliphatic heterocycles. The number of aryl methyl sites for hydroxylation is 3. The highest BCUT2D eigenvalue weighted by molar-refractivity contribution is 6.30. The summed E-state index contributed by atoms with van der Waals surface area (Å²) in [5, 5.41) is 8.30. The zero-order chi connectivity index (χ0) is 19.1. The fourth-order valence-electron chi connectivity index (χ4n) is 2.96. The van der Waals surface area contributed by atoms with Crippen LogP contribution < -0.4 is 5.32 Å². The van der Waals surface area contributed by atoms with Crippen molar-refractivity contribution in [2.75, 3.05) is 6.54 Å². The zero-order valence-electron chi connectivity index (χ0n) is 15.5. The topological polar surface area (TPSA) is 46.9 Å². The Morgan fingerprint density at radius 1 is 1.07 bits per heavy atom. The number of hydrogen-bond acceptors (Lipinski definition) is 2. The van der Waals surface area contributed by atoms with Crippen molar-refractivity contribution in [3.05, 3.63) is 82.6 Å². The molecule has 0 bridgehead atoms. The van der Waals surface area contributed by atoms with Crippen LogP contribution in [0.1, 0.15) is 29.7 Å². The molecular weight excluding hydrogens is 358 g/mol. The van der Waals surface area contributed by atoms with Gasteiger partial charge in [-0.25, -0.2) is 4.68 Å². The maximum atomic E-state index is 12.0. The monoisotopic (exact) mass is 381 g/mol. The standard InChI is InChI=1S/C22H24ClN3O/c1-17-19(16-26(25-17)21-7-3-2-4-8-21)6-5-15-24-22(27)14-11-18-9-12-20(23)13-10-18/h2-4,7-10,12-13,16H,5-6,11,14-15H2,1H3,(H,24,27). The highest BCUT2D eigenvalue weighted by Gasteiger charge is 2.07. The molecule has 1 aromatic heterocycles. The number of rotatable bonds is 8. The lowest BCUT2D eigenvalue weighted by molar-refractivity contribution is -0.121. The second-order valence-electron chi connectivity index (χ2n) is 6.60. The first-order chi connectivity index (χ1) is 13.1. The Kier molecular flexibility index (Phi) is 6.66. The molecule has 0 fully saturated rings. The minimum absolute atomic E-state index is 0.0849. The van der Waals surface area contributed by atoms with Crippen molar-refractivity contribution in [3.8, 4) is 5.69 Å². The third-order valence-electron chi connectivity index (χ3n) is 4.52. The summed E-state index contributed by atoms with van der Waals surface area (Å²) in [4.78, 5) is 12.0. The predicted octanol–water partition coefficient (Wildman–Crippen LogP) is 4.52. The summed E-state index contributed by atoms with van der Waals surface area (Å²) in [7, 11) is 0. The Balaban J connectivity index is 1.40. The average molecular weight is 382 g/mol. The van der Waals surface area contributed by atoms with Gasteiger partial charge in [-0.1, -0.05) is 41.9 Å². The molecular formula is C22H24ClN3O. The Hall–Kier alpha value is -2.59. The van der Waals surface area contributed by atoms with Crippen LogP contribution in [0.2, 0.25) is 5.02 Å². The number of aromatic nitrogens is 2. The largest absolute Gasteiger partial charge is 0.356 e. The minimum atomic E-state index is 0.0849. The van der Waals surface area contributed by atoms with Crippen LogP contribution in [0.3, 0.4) is 0 Å². The molecule has 140 valence electrons. The average Bonchev–Trinajstić information content (AvgIpc) is 3.06. The van der Waals surface area contributed by atoms with Crippen LogP contribution in [0.25, 0.3) is 5.69 Å². The van der Waals surface area contributed by atoms with Gasteiger partial charge in [-0.15, -0.1) is 0 Å². The molecule has 2 aromatic carbocycles. The van der Waals surface area contributed by atoms with Crippen LogP contribution in [-0.2, 0) is 17.6 Å². The van der Waals surface area contributed by atoms with Crippen molar-refractivity contribution >= 4 is 17.5 Å². The van der Waals surface area contributed by atoms with Crippen molar-refractivity contribution in [3.63, 3.8) is 0 Å². The Labute approximate surface area is 165 Å². The third-order valence-corrected chi connectivity index (χ3v) is 4.77. The van der Waals surface area contributed by atoms with Gasteiger partial charge in [0.25, 0.3) is 0 Å². The van der Waals surface area contributed by atoms with E-state index in [4.69, 9.17) is 11.6 Å². The number of hydrogen-bond donors (Lipinski definition) is 1. The normalized spacial score (nSPS) is 10.7. The van der Waals surface area contributed by atoms with Gasteiger partial charge in [-0.05, 0) is 61.6 Å². The van der Waals surface area contributed by atoms with Crippen molar-refractivity contribution < 1.29 is 4.79 Å². The van der Waals surface area contributed by atoms with Crippen molar-refractivity contribution in [2.24, 2.45) is 0 Å². The Bertz CT molecular complexity index is 872. The summed E-state index contributed by atoms with van der Waals surface area (Å²) in [5.41, 5.74) is 4.43. The van der Waals surface area contributed by atoms with E-state index in [1.165, 1.54) is 5.56 Å². The van der Waals surface area contributed by atoms with Gasteiger partial charge in [0.2, 0.25) is 5.91 Å². The van der Waals surface area contributed by atoms with Gasteiger partial charge in [-0.2, -0.15) is 5.10 Å². The Morgan fingerprint density at radius 3 is 2.56 bits per heavy atom. The van der Waals surface area contributed by atoms with E-state index in [2.05, 4.69) is 16.6 Å². The first-order valence-electron chi connectivity index (χ1n) is 9.23. The number of halogens is 1. The lowest BCUT2D eigenvalue weighted by Crippen LogP contribution is -2.25. The number of nitrogens with one attached hydrogen (secondary N) is 1. The lowest BCUT2D eigenvalue weighted by atomic mass is 10.1. The van der Waals surface area contributed by atoms with Crippen LogP contribution in [-0.4, -0.2) is 22.2 Å². The van der Waals surface area contributed by atoms with E-state index in [1.54, 1.807) is 0 Å². The quantitative estimate of drug-likeness (QED) is 0.583. The molecule has 0 spiro atoms. The molecule has 1 N–H and O–H groups in total. The van der Waals surface area contributed by atoms with Crippen LogP contribution in [0, 0.1) is 6.92 Å². The molecule has 0 aliphatic carbocycles. The van der Waals surface area contributed by atoms with Gasteiger partial charge < -0.3 is 5.32 Å². The van der Waals surface area contributed by atoms with E-state index in [0.29, 0.717) is 18.0 Å². The van der Waals surface area contributed by atoms with Gasteiger partial charge in [0.1, 0.15) is 0 Å². The molecule has 3 aromatic rings. The van der Waals surface area contributed by atoms with Crippen LogP contribution in [0.5, 0.6) is 0 Å². The third kappa shape index (κ3) is 5.69. The van der Waals surface area contributed by atoms with Crippen LogP contribution >= 0.6 is 11.6 Å². The second-order valence-corrected chi connectivity index (χ2v) is 7.04. The molecule has 1 heterocycles. The maximum Gasteiger partial charge on any atom is 0.220 e. The molecule has 27 heavy (non-hydrogen) atoms. The fourth-order valence-corrected chi connectivity index (χ4v) is 3.08. The second kappa shape index (κ2) is 9.38. The first kappa shape index (κ1) is 19.2. The number of nitrogens with zero attached hydrogens (tertiary/aromatic N) is 2. The number of amides is 1. The molecule has 3 rings (SSSR count). The summed E-state index contributed by atoms with van der Waals surface area (Å²) >= 11 is 5.87. The SMILES string of the molecule is Cc1nn(-c2ccccc2)cc1CCCNC(=O)CCc1ccc(Cl)cc1. The summed E-state index contributed by atoms with van der Waals surface area (Å²) in [6.07, 6.45) is 5.09. The summed E-state index contributed by atoms with van der Waals surface area (Å²) in [6, 6.07) is 17.7. The van der Waals surface area contributed by atoms with Gasteiger partial charge in [-0.3, -0.25) is 4.79 Å². The molecule has 0 radical (unpaired) electrons. The smallest absolute Gasteiger partial charge is 0.220 e. The van der Waals surface area contributed by atoms with Crippen molar-refractivity contribution in [1.82, 2.24) is 15.1 Å². The number of para-hydroxylation sites is 1. The van der Waals surface area contributed by atoms with E-state index in [-0.39, 0.29) is 5.91 Å². The molecule has 1 amide bonds. The lowest BCUT2D eigenvalue weighted by Gasteiger charge is -2.05. The summed E-state index contributed by atoms with van der Waals surface area (Å²) < 4.78 is 1.91. The van der Waals surface area contributed by atoms with Crippen molar-refractivity contribution in [2.45, 2.75) is 32.6 Å². The van der Waals surface area contributed by atoms with E-state index < -0.39 is 0 Å². The molecule has 0 unspecified atom stereocenters. The van der Waals surface area contributed by atoms with E-state index >= 15 is 0 Å². The Morgan fingerprint density at radius 2 is 1.81 bits per heavy atom. The molecule has 0 atom stereocenters. The number of benzene rings is 2. The number of carbonyl (C=O) groups is 1. The summed E-state index contributed by atoms with van der Waals surface area (Å²) in [5.74, 6) is 0.0849. The zero-order valence-corrected chi connectivity index (χ0v) is 16.2. The first-order valence-corrected chi connectivity index (χ1v) is 9.61. The van der Waals surface area contributed by atoms with Crippen molar-refractivity contribution in [1.29, 1.82) is 0 Å². The van der Waals surface area contributed by atoms with E-state index in [1.807, 2.05) is 66.2 Å². The van der Waals surface area contributed by atoms with Gasteiger partial charge in [0, 0.05) is 24.2 Å². The highest BCUT2D eigenvalue weighted by Crippen LogP contribution is 2.13. The molecule has 0 saturated heterocycles. The van der Waals surface area contributed by atoms with Gasteiger partial charge in [0.05, 0.1) is 11.4 Å². The molecule has 5 heteroatoms. The minimum Gasteiger partial charge on any atom is -0.356 e. The molecule has 4 nitrogen and oxygen atoms in total. The number of carbonyl (C=O) groups excluding carboxylic acids is 1. The summed E-state index contributed by atoms with van der Waals surface area (Å²) in [6.45, 7) is 2.70. The van der Waals surface area contributed by atoms with E-state index in [9.17, 15) is 4.79 Å². The van der Waals surface area contributed by atoms with Gasteiger partial charge >= 0.3 is 0 Å². The van der Waals surface area contributed by atoms with Crippen LogP contribution in [0.4, 0.5) is 0 Å². The predicted molar refractivity (Wildman–Crippen MR) is 109 cm³/mol.